The van der Waals surface area contributed by atoms with Gasteiger partial charge in [-0.1, -0.05) is 32.9 Å². The first-order valence-corrected chi connectivity index (χ1v) is 7.13. The van der Waals surface area contributed by atoms with Crippen LogP contribution in [0.15, 0.2) is 18.2 Å². The van der Waals surface area contributed by atoms with Gasteiger partial charge < -0.3 is 15.5 Å². The zero-order valence-corrected chi connectivity index (χ0v) is 12.9. The fourth-order valence-corrected chi connectivity index (χ4v) is 3.01. The van der Waals surface area contributed by atoms with Crippen LogP contribution in [0, 0.1) is 0 Å². The van der Waals surface area contributed by atoms with Gasteiger partial charge in [-0.2, -0.15) is 0 Å². The van der Waals surface area contributed by atoms with Gasteiger partial charge in [0.05, 0.1) is 11.4 Å². The van der Waals surface area contributed by atoms with E-state index in [1.165, 1.54) is 16.9 Å². The van der Waals surface area contributed by atoms with Gasteiger partial charge in [0.25, 0.3) is 0 Å². The van der Waals surface area contributed by atoms with Crippen LogP contribution >= 0.6 is 0 Å². The zero-order chi connectivity index (χ0) is 14.2. The van der Waals surface area contributed by atoms with Crippen LogP contribution in [0.4, 0.5) is 11.4 Å². The van der Waals surface area contributed by atoms with Crippen molar-refractivity contribution in [1.29, 1.82) is 0 Å². The monoisotopic (exact) mass is 261 g/mol. The standard InChI is InChI=1S/C16H27N3/c1-16(2,3)13-7-6-8-14-15(13)19(5)12(9-10-17)11-18(14)4/h6-8,12H,9-11,17H2,1-5H3. The summed E-state index contributed by atoms with van der Waals surface area (Å²) in [5.74, 6) is 0. The molecule has 3 nitrogen and oxygen atoms in total. The van der Waals surface area contributed by atoms with E-state index in [1.54, 1.807) is 0 Å². The van der Waals surface area contributed by atoms with Crippen LogP contribution in [0.3, 0.4) is 0 Å². The maximum atomic E-state index is 5.77. The molecule has 0 bridgehead atoms. The Hall–Kier alpha value is -1.22. The molecule has 1 unspecified atom stereocenters. The maximum absolute atomic E-state index is 5.77. The summed E-state index contributed by atoms with van der Waals surface area (Å²) < 4.78 is 0. The highest BCUT2D eigenvalue weighted by molar-refractivity contribution is 5.78. The minimum atomic E-state index is 0.158. The van der Waals surface area contributed by atoms with Gasteiger partial charge in [0.2, 0.25) is 0 Å². The van der Waals surface area contributed by atoms with Crippen molar-refractivity contribution in [1.82, 2.24) is 0 Å². The molecule has 0 fully saturated rings. The summed E-state index contributed by atoms with van der Waals surface area (Å²) in [5, 5.41) is 0. The lowest BCUT2D eigenvalue weighted by atomic mass is 9.84. The minimum Gasteiger partial charge on any atom is -0.371 e. The molecule has 0 aliphatic carbocycles. The molecule has 106 valence electrons. The smallest absolute Gasteiger partial charge is 0.0642 e. The molecule has 0 saturated carbocycles. The summed E-state index contributed by atoms with van der Waals surface area (Å²) in [5.41, 5.74) is 10.1. The molecule has 1 aromatic carbocycles. The summed E-state index contributed by atoms with van der Waals surface area (Å²) in [6, 6.07) is 7.16. The fourth-order valence-electron chi connectivity index (χ4n) is 3.01. The molecule has 3 heteroatoms. The van der Waals surface area contributed by atoms with E-state index in [1.807, 2.05) is 0 Å². The van der Waals surface area contributed by atoms with Gasteiger partial charge in [0.15, 0.2) is 0 Å². The Bertz CT molecular complexity index is 448. The van der Waals surface area contributed by atoms with Crippen molar-refractivity contribution in [3.05, 3.63) is 23.8 Å². The van der Waals surface area contributed by atoms with Gasteiger partial charge in [-0.15, -0.1) is 0 Å². The number of anilines is 2. The van der Waals surface area contributed by atoms with Crippen molar-refractivity contribution in [2.24, 2.45) is 5.73 Å². The van der Waals surface area contributed by atoms with Crippen LogP contribution in [0.5, 0.6) is 0 Å². The number of rotatable bonds is 2. The quantitative estimate of drug-likeness (QED) is 0.888. The Kier molecular flexibility index (Phi) is 3.77. The molecule has 1 atom stereocenters. The molecular formula is C16H27N3. The largest absolute Gasteiger partial charge is 0.371 e. The third-order valence-electron chi connectivity index (χ3n) is 4.12. The molecule has 1 aliphatic rings. The van der Waals surface area contributed by atoms with Crippen molar-refractivity contribution in [3.63, 3.8) is 0 Å². The SMILES string of the molecule is CN1CC(CCN)N(C)c2c1cccc2C(C)(C)C. The highest BCUT2D eigenvalue weighted by Crippen LogP contribution is 2.42. The van der Waals surface area contributed by atoms with E-state index in [0.717, 1.165) is 19.5 Å². The van der Waals surface area contributed by atoms with Crippen LogP contribution in [0.1, 0.15) is 32.8 Å². The predicted octanol–water partition coefficient (Wildman–Crippen LogP) is 2.59. The molecule has 1 aromatic rings. The van der Waals surface area contributed by atoms with E-state index >= 15 is 0 Å². The van der Waals surface area contributed by atoms with Gasteiger partial charge in [-0.05, 0) is 30.0 Å². The van der Waals surface area contributed by atoms with E-state index in [4.69, 9.17) is 5.73 Å². The van der Waals surface area contributed by atoms with Gasteiger partial charge in [0, 0.05) is 26.7 Å². The lowest BCUT2D eigenvalue weighted by Crippen LogP contribution is -2.47. The Labute approximate surface area is 117 Å². The fraction of sp³-hybridized carbons (Fsp3) is 0.625. The van der Waals surface area contributed by atoms with Crippen LogP contribution in [-0.2, 0) is 5.41 Å². The molecule has 0 radical (unpaired) electrons. The van der Waals surface area contributed by atoms with Gasteiger partial charge in [-0.25, -0.2) is 0 Å². The lowest BCUT2D eigenvalue weighted by Gasteiger charge is -2.44. The molecule has 0 amide bonds. The third kappa shape index (κ3) is 2.57. The second-order valence-corrected chi connectivity index (χ2v) is 6.65. The van der Waals surface area contributed by atoms with E-state index in [2.05, 4.69) is 62.9 Å². The number of hydrogen-bond acceptors (Lipinski definition) is 3. The average Bonchev–Trinajstić information content (AvgIpc) is 2.34. The second-order valence-electron chi connectivity index (χ2n) is 6.65. The molecule has 2 rings (SSSR count). The number of nitrogens with two attached hydrogens (primary N) is 1. The summed E-state index contributed by atoms with van der Waals surface area (Å²) in [4.78, 5) is 4.80. The third-order valence-corrected chi connectivity index (χ3v) is 4.12. The van der Waals surface area contributed by atoms with Gasteiger partial charge >= 0.3 is 0 Å². The Morgan fingerprint density at radius 3 is 2.53 bits per heavy atom. The highest BCUT2D eigenvalue weighted by atomic mass is 15.3. The Balaban J connectivity index is 2.52. The summed E-state index contributed by atoms with van der Waals surface area (Å²) in [6.45, 7) is 8.64. The topological polar surface area (TPSA) is 32.5 Å². The van der Waals surface area contributed by atoms with Crippen molar-refractivity contribution >= 4 is 11.4 Å². The van der Waals surface area contributed by atoms with Crippen LogP contribution in [0.2, 0.25) is 0 Å². The molecule has 2 N–H and O–H groups in total. The van der Waals surface area contributed by atoms with Gasteiger partial charge in [-0.3, -0.25) is 0 Å². The van der Waals surface area contributed by atoms with Crippen molar-refractivity contribution < 1.29 is 0 Å². The van der Waals surface area contributed by atoms with Crippen LogP contribution in [0.25, 0.3) is 0 Å². The summed E-state index contributed by atoms with van der Waals surface area (Å²) in [7, 11) is 4.39. The van der Waals surface area contributed by atoms with Crippen LogP contribution in [-0.4, -0.2) is 33.2 Å². The van der Waals surface area contributed by atoms with E-state index in [0.29, 0.717) is 6.04 Å². The number of para-hydroxylation sites is 1. The molecule has 19 heavy (non-hydrogen) atoms. The molecule has 1 heterocycles. The Morgan fingerprint density at radius 1 is 1.26 bits per heavy atom. The first kappa shape index (κ1) is 14.2. The van der Waals surface area contributed by atoms with Crippen molar-refractivity contribution in [2.45, 2.75) is 38.6 Å². The first-order chi connectivity index (χ1) is 8.86. The molecule has 0 spiro atoms. The van der Waals surface area contributed by atoms with E-state index in [9.17, 15) is 0 Å². The minimum absolute atomic E-state index is 0.158. The molecule has 0 saturated heterocycles. The second kappa shape index (κ2) is 5.04. The number of hydrogen-bond donors (Lipinski definition) is 1. The molecule has 1 aliphatic heterocycles. The van der Waals surface area contributed by atoms with Gasteiger partial charge in [0.1, 0.15) is 0 Å². The van der Waals surface area contributed by atoms with E-state index in [-0.39, 0.29) is 5.41 Å². The van der Waals surface area contributed by atoms with Crippen molar-refractivity contribution in [3.8, 4) is 0 Å². The first-order valence-electron chi connectivity index (χ1n) is 7.13. The van der Waals surface area contributed by atoms with E-state index < -0.39 is 0 Å². The summed E-state index contributed by atoms with van der Waals surface area (Å²) >= 11 is 0. The molecule has 0 aromatic heterocycles. The number of nitrogens with zero attached hydrogens (tertiary/aromatic N) is 2. The number of likely N-dealkylation sites (N-methyl/N-ethyl adjacent to an activating group) is 2. The summed E-state index contributed by atoms with van der Waals surface area (Å²) in [6.07, 6.45) is 1.04. The predicted molar refractivity (Wildman–Crippen MR) is 84.3 cm³/mol. The lowest BCUT2D eigenvalue weighted by molar-refractivity contribution is 0.545. The van der Waals surface area contributed by atoms with Crippen LogP contribution < -0.4 is 15.5 Å². The number of fused-ring (bicyclic) bond motifs is 1. The number of benzene rings is 1. The van der Waals surface area contributed by atoms with Crippen molar-refractivity contribution in [2.75, 3.05) is 37.0 Å². The average molecular weight is 261 g/mol. The maximum Gasteiger partial charge on any atom is 0.0642 e. The Morgan fingerprint density at radius 2 is 1.95 bits per heavy atom. The normalized spacial score (nSPS) is 19.6. The molecular weight excluding hydrogens is 234 g/mol. The zero-order valence-electron chi connectivity index (χ0n) is 12.9. The highest BCUT2D eigenvalue weighted by Gasteiger charge is 2.31.